The summed E-state index contributed by atoms with van der Waals surface area (Å²) in [5, 5.41) is 4.96. The van der Waals surface area contributed by atoms with Crippen LogP contribution in [-0.4, -0.2) is 24.5 Å². The van der Waals surface area contributed by atoms with Crippen LogP contribution in [0, 0.1) is 17.8 Å². The molecule has 0 bridgehead atoms. The molecule has 2 aromatic carbocycles. The molecule has 0 spiro atoms. The van der Waals surface area contributed by atoms with E-state index in [9.17, 15) is 4.79 Å². The van der Waals surface area contributed by atoms with Crippen LogP contribution in [0.4, 0.5) is 5.82 Å². The molecule has 1 atom stereocenters. The van der Waals surface area contributed by atoms with Gasteiger partial charge in [-0.3, -0.25) is 9.36 Å². The van der Waals surface area contributed by atoms with E-state index in [0.29, 0.717) is 22.8 Å². The van der Waals surface area contributed by atoms with Crippen molar-refractivity contribution in [1.29, 1.82) is 0 Å². The van der Waals surface area contributed by atoms with Crippen LogP contribution in [0.15, 0.2) is 72.0 Å². The Kier molecular flexibility index (Phi) is 4.84. The van der Waals surface area contributed by atoms with E-state index in [1.165, 1.54) is 6.33 Å². The molecule has 0 saturated heterocycles. The van der Waals surface area contributed by atoms with E-state index >= 15 is 0 Å². The van der Waals surface area contributed by atoms with Crippen LogP contribution in [0.3, 0.4) is 0 Å². The topological polar surface area (TPSA) is 88.5 Å². The van der Waals surface area contributed by atoms with Crippen molar-refractivity contribution in [3.05, 3.63) is 88.9 Å². The summed E-state index contributed by atoms with van der Waals surface area (Å²) in [5.74, 6) is 7.66. The third-order valence-corrected chi connectivity index (χ3v) is 6.10. The lowest BCUT2D eigenvalue weighted by Crippen LogP contribution is -2.26. The lowest BCUT2D eigenvalue weighted by molar-refractivity contribution is 0.774. The summed E-state index contributed by atoms with van der Waals surface area (Å²) >= 11 is 0. The van der Waals surface area contributed by atoms with Crippen LogP contribution in [0.5, 0.6) is 0 Å². The summed E-state index contributed by atoms with van der Waals surface area (Å²) in [4.78, 5) is 29.9. The van der Waals surface area contributed by atoms with Crippen molar-refractivity contribution in [2.24, 2.45) is 5.92 Å². The molecule has 1 saturated carbocycles. The van der Waals surface area contributed by atoms with E-state index in [-0.39, 0.29) is 11.6 Å². The monoisotopic (exact) mass is 446 g/mol. The lowest BCUT2D eigenvalue weighted by atomic mass is 10.0. The molecule has 2 N–H and O–H groups in total. The summed E-state index contributed by atoms with van der Waals surface area (Å²) in [6.07, 6.45) is 5.36. The van der Waals surface area contributed by atoms with Gasteiger partial charge in [0.15, 0.2) is 11.5 Å². The molecule has 0 amide bonds. The summed E-state index contributed by atoms with van der Waals surface area (Å²) in [6, 6.07) is 17.4. The van der Waals surface area contributed by atoms with Gasteiger partial charge in [-0.1, -0.05) is 42.2 Å². The second-order valence-corrected chi connectivity index (χ2v) is 8.55. The van der Waals surface area contributed by atoms with Crippen LogP contribution in [0.2, 0.25) is 0 Å². The number of rotatable bonds is 4. The average molecular weight is 447 g/mol. The van der Waals surface area contributed by atoms with E-state index in [1.807, 2.05) is 55.5 Å². The molecule has 7 nitrogen and oxygen atoms in total. The molecule has 0 aliphatic heterocycles. The van der Waals surface area contributed by atoms with Crippen molar-refractivity contribution in [2.45, 2.75) is 25.8 Å². The van der Waals surface area contributed by atoms with Gasteiger partial charge >= 0.3 is 0 Å². The molecule has 3 aromatic heterocycles. The molecule has 1 unspecified atom stereocenters. The Morgan fingerprint density at radius 3 is 2.76 bits per heavy atom. The van der Waals surface area contributed by atoms with Gasteiger partial charge in [0.25, 0.3) is 5.56 Å². The number of nitrogens with one attached hydrogen (secondary N) is 2. The maximum Gasteiger partial charge on any atom is 0.264 e. The molecule has 1 aliphatic carbocycles. The van der Waals surface area contributed by atoms with Crippen molar-refractivity contribution in [2.75, 3.05) is 5.32 Å². The SMILES string of the molecule is CC(Nc1ncnc2nc[nH]c12)c1cc2cccc(C#CC3CC3)c2c(=O)n1-c1ccccc1. The van der Waals surface area contributed by atoms with Crippen molar-refractivity contribution in [3.8, 4) is 17.5 Å². The van der Waals surface area contributed by atoms with Crippen LogP contribution in [0.25, 0.3) is 27.6 Å². The number of imidazole rings is 1. The fourth-order valence-electron chi connectivity index (χ4n) is 4.21. The molecule has 166 valence electrons. The largest absolute Gasteiger partial charge is 0.360 e. The first-order chi connectivity index (χ1) is 16.7. The van der Waals surface area contributed by atoms with Crippen molar-refractivity contribution in [1.82, 2.24) is 24.5 Å². The van der Waals surface area contributed by atoms with E-state index in [2.05, 4.69) is 43.2 Å². The predicted molar refractivity (Wildman–Crippen MR) is 133 cm³/mol. The van der Waals surface area contributed by atoms with Crippen LogP contribution in [0.1, 0.15) is 37.1 Å². The highest BCUT2D eigenvalue weighted by molar-refractivity contribution is 5.88. The lowest BCUT2D eigenvalue weighted by Gasteiger charge is -2.21. The Morgan fingerprint density at radius 1 is 1.09 bits per heavy atom. The number of anilines is 1. The minimum atomic E-state index is -0.236. The van der Waals surface area contributed by atoms with Gasteiger partial charge in [-0.05, 0) is 49.4 Å². The smallest absolute Gasteiger partial charge is 0.264 e. The van der Waals surface area contributed by atoms with Crippen molar-refractivity contribution >= 4 is 27.8 Å². The van der Waals surface area contributed by atoms with E-state index < -0.39 is 0 Å². The van der Waals surface area contributed by atoms with Crippen LogP contribution >= 0.6 is 0 Å². The summed E-state index contributed by atoms with van der Waals surface area (Å²) in [5.41, 5.74) is 3.63. The van der Waals surface area contributed by atoms with Gasteiger partial charge in [-0.15, -0.1) is 0 Å². The third-order valence-electron chi connectivity index (χ3n) is 6.10. The van der Waals surface area contributed by atoms with Gasteiger partial charge in [-0.2, -0.15) is 0 Å². The van der Waals surface area contributed by atoms with Gasteiger partial charge in [0.1, 0.15) is 11.8 Å². The van der Waals surface area contributed by atoms with Crippen molar-refractivity contribution in [3.63, 3.8) is 0 Å². The Labute approximate surface area is 195 Å². The quantitative estimate of drug-likeness (QED) is 0.394. The molecular weight excluding hydrogens is 424 g/mol. The van der Waals surface area contributed by atoms with E-state index in [1.54, 1.807) is 10.9 Å². The number of pyridine rings is 1. The molecule has 7 heteroatoms. The molecule has 6 rings (SSSR count). The van der Waals surface area contributed by atoms with Crippen LogP contribution < -0.4 is 10.9 Å². The second kappa shape index (κ2) is 8.16. The number of para-hydroxylation sites is 1. The third kappa shape index (κ3) is 3.59. The fourth-order valence-corrected chi connectivity index (χ4v) is 4.21. The van der Waals surface area contributed by atoms with Gasteiger partial charge < -0.3 is 10.3 Å². The first-order valence-corrected chi connectivity index (χ1v) is 11.4. The summed E-state index contributed by atoms with van der Waals surface area (Å²) < 4.78 is 1.77. The highest BCUT2D eigenvalue weighted by Gasteiger charge is 2.20. The number of nitrogens with zero attached hydrogens (tertiary/aromatic N) is 4. The second-order valence-electron chi connectivity index (χ2n) is 8.55. The fraction of sp³-hybridized carbons (Fsp3) is 0.185. The number of hydrogen-bond donors (Lipinski definition) is 2. The molecule has 0 radical (unpaired) electrons. The number of benzene rings is 2. The first-order valence-electron chi connectivity index (χ1n) is 11.4. The van der Waals surface area contributed by atoms with Gasteiger partial charge in [-0.25, -0.2) is 15.0 Å². The molecule has 1 fully saturated rings. The first kappa shape index (κ1) is 20.2. The van der Waals surface area contributed by atoms with Gasteiger partial charge in [0.05, 0.1) is 17.8 Å². The number of aromatic amines is 1. The van der Waals surface area contributed by atoms with Gasteiger partial charge in [0, 0.05) is 22.9 Å². The number of fused-ring (bicyclic) bond motifs is 2. The Hall–Kier alpha value is -4.44. The maximum absolute atomic E-state index is 14.0. The predicted octanol–water partition coefficient (Wildman–Crippen LogP) is 4.59. The molecular formula is C27H22N6O. The standard InChI is InChI=1S/C27H22N6O/c1-17(32-26-24-25(29-15-28-24)30-16-31-26)22-14-20-7-5-6-19(13-12-18-10-11-18)23(20)27(34)33(22)21-8-3-2-4-9-21/h2-9,14-18H,10-11H2,1H3,(H2,28,29,30,31,32). The summed E-state index contributed by atoms with van der Waals surface area (Å²) in [7, 11) is 0. The minimum absolute atomic E-state index is 0.0811. The van der Waals surface area contributed by atoms with Crippen molar-refractivity contribution < 1.29 is 0 Å². The Morgan fingerprint density at radius 2 is 1.94 bits per heavy atom. The minimum Gasteiger partial charge on any atom is -0.360 e. The average Bonchev–Trinajstić information content (AvgIpc) is 3.57. The number of hydrogen-bond acceptors (Lipinski definition) is 5. The zero-order chi connectivity index (χ0) is 23.1. The molecule has 3 heterocycles. The zero-order valence-corrected chi connectivity index (χ0v) is 18.6. The number of aromatic nitrogens is 5. The highest BCUT2D eigenvalue weighted by Crippen LogP contribution is 2.29. The van der Waals surface area contributed by atoms with Gasteiger partial charge in [0.2, 0.25) is 0 Å². The zero-order valence-electron chi connectivity index (χ0n) is 18.6. The maximum atomic E-state index is 14.0. The summed E-state index contributed by atoms with van der Waals surface area (Å²) in [6.45, 7) is 2.01. The molecule has 1 aliphatic rings. The number of H-pyrrole nitrogens is 1. The van der Waals surface area contributed by atoms with Crippen LogP contribution in [-0.2, 0) is 0 Å². The highest BCUT2D eigenvalue weighted by atomic mass is 16.1. The van der Waals surface area contributed by atoms with E-state index in [4.69, 9.17) is 0 Å². The molecule has 5 aromatic rings. The normalized spacial score (nSPS) is 14.0. The molecule has 34 heavy (non-hydrogen) atoms. The van der Waals surface area contributed by atoms with E-state index in [0.717, 1.165) is 40.7 Å². The Balaban J connectivity index is 1.54. The Bertz CT molecular complexity index is 1640.